The number of amides is 1. The molecule has 1 saturated heterocycles. The van der Waals surface area contributed by atoms with Crippen LogP contribution in [0.1, 0.15) is 31.8 Å². The van der Waals surface area contributed by atoms with Crippen LogP contribution >= 0.6 is 11.6 Å². The van der Waals surface area contributed by atoms with Crippen LogP contribution in [0.3, 0.4) is 0 Å². The van der Waals surface area contributed by atoms with Crippen LogP contribution in [0.2, 0.25) is 5.02 Å². The molecule has 1 heterocycles. The Hall–Kier alpha value is -2.54. The molecule has 1 N–H and O–H groups in total. The number of carbonyl (C=O) groups is 3. The third-order valence-corrected chi connectivity index (χ3v) is 5.07. The molecule has 0 radical (unpaired) electrons. The molecule has 1 aliphatic heterocycles. The standard InChI is InChI=1S/C20H17ClN2O4/c21-16-9-14-15(20(26)13-4-2-1-3-12(13)19(14)25)10-17(16)22-18(24)11-23-5-7-27-8-6-23/h1-4,9-10H,5-8,11H2,(H,22,24). The maximum atomic E-state index is 12.8. The highest BCUT2D eigenvalue weighted by Crippen LogP contribution is 2.33. The number of hydrogen-bond donors (Lipinski definition) is 1. The first-order chi connectivity index (χ1) is 13.0. The van der Waals surface area contributed by atoms with Gasteiger partial charge in [-0.15, -0.1) is 0 Å². The summed E-state index contributed by atoms with van der Waals surface area (Å²) >= 11 is 6.28. The van der Waals surface area contributed by atoms with Crippen LogP contribution in [-0.4, -0.2) is 55.2 Å². The number of fused-ring (bicyclic) bond motifs is 2. The fourth-order valence-electron chi connectivity index (χ4n) is 3.37. The van der Waals surface area contributed by atoms with Gasteiger partial charge in [-0.05, 0) is 12.1 Å². The van der Waals surface area contributed by atoms with E-state index in [-0.39, 0.29) is 40.2 Å². The van der Waals surface area contributed by atoms with Gasteiger partial charge in [0, 0.05) is 35.3 Å². The highest BCUT2D eigenvalue weighted by Gasteiger charge is 2.30. The Bertz CT molecular complexity index is 951. The smallest absolute Gasteiger partial charge is 0.238 e. The Balaban J connectivity index is 1.60. The predicted molar refractivity (Wildman–Crippen MR) is 101 cm³/mol. The number of halogens is 1. The summed E-state index contributed by atoms with van der Waals surface area (Å²) in [6.07, 6.45) is 0. The van der Waals surface area contributed by atoms with Gasteiger partial charge in [0.25, 0.3) is 0 Å². The van der Waals surface area contributed by atoms with Crippen molar-refractivity contribution in [2.45, 2.75) is 0 Å². The molecule has 0 unspecified atom stereocenters. The molecule has 6 nitrogen and oxygen atoms in total. The summed E-state index contributed by atoms with van der Waals surface area (Å²) in [7, 11) is 0. The maximum absolute atomic E-state index is 12.8. The Morgan fingerprint density at radius 3 is 2.22 bits per heavy atom. The topological polar surface area (TPSA) is 75.7 Å². The highest BCUT2D eigenvalue weighted by atomic mass is 35.5. The average Bonchev–Trinajstić information content (AvgIpc) is 2.68. The summed E-state index contributed by atoms with van der Waals surface area (Å²) in [5.74, 6) is -0.720. The van der Waals surface area contributed by atoms with Crippen molar-refractivity contribution in [3.63, 3.8) is 0 Å². The molecule has 1 amide bonds. The van der Waals surface area contributed by atoms with Crippen LogP contribution in [0.4, 0.5) is 5.69 Å². The number of nitrogens with zero attached hydrogens (tertiary/aromatic N) is 1. The minimum atomic E-state index is -0.249. The van der Waals surface area contributed by atoms with Gasteiger partial charge in [-0.3, -0.25) is 19.3 Å². The quantitative estimate of drug-likeness (QED) is 0.750. The third kappa shape index (κ3) is 3.39. The lowest BCUT2D eigenvalue weighted by molar-refractivity contribution is -0.118. The van der Waals surface area contributed by atoms with Gasteiger partial charge >= 0.3 is 0 Å². The lowest BCUT2D eigenvalue weighted by atomic mass is 9.84. The molecular weight excluding hydrogens is 368 g/mol. The molecule has 138 valence electrons. The number of hydrogen-bond acceptors (Lipinski definition) is 5. The molecule has 2 aliphatic rings. The zero-order chi connectivity index (χ0) is 19.0. The molecule has 7 heteroatoms. The molecule has 4 rings (SSSR count). The number of carbonyl (C=O) groups excluding carboxylic acids is 3. The van der Waals surface area contributed by atoms with Crippen molar-refractivity contribution in [2.24, 2.45) is 0 Å². The van der Waals surface area contributed by atoms with Crippen molar-refractivity contribution >= 4 is 34.8 Å². The van der Waals surface area contributed by atoms with Gasteiger partial charge in [0.05, 0.1) is 30.5 Å². The normalized spacial score (nSPS) is 16.6. The highest BCUT2D eigenvalue weighted by molar-refractivity contribution is 6.36. The molecule has 1 fully saturated rings. The molecule has 0 atom stereocenters. The molecule has 0 aromatic heterocycles. The van der Waals surface area contributed by atoms with Crippen molar-refractivity contribution in [3.8, 4) is 0 Å². The van der Waals surface area contributed by atoms with Crippen molar-refractivity contribution in [3.05, 3.63) is 63.7 Å². The van der Waals surface area contributed by atoms with E-state index < -0.39 is 0 Å². The van der Waals surface area contributed by atoms with Crippen LogP contribution in [-0.2, 0) is 9.53 Å². The average molecular weight is 385 g/mol. The summed E-state index contributed by atoms with van der Waals surface area (Å²) in [6.45, 7) is 2.79. The molecule has 1 aliphatic carbocycles. The monoisotopic (exact) mass is 384 g/mol. The van der Waals surface area contributed by atoms with E-state index in [4.69, 9.17) is 16.3 Å². The Morgan fingerprint density at radius 2 is 1.59 bits per heavy atom. The Morgan fingerprint density at radius 1 is 1.00 bits per heavy atom. The van der Waals surface area contributed by atoms with E-state index >= 15 is 0 Å². The lowest BCUT2D eigenvalue weighted by Gasteiger charge is -2.26. The molecule has 2 aromatic carbocycles. The number of ether oxygens (including phenoxy) is 1. The summed E-state index contributed by atoms with van der Waals surface area (Å²) in [4.78, 5) is 39.8. The lowest BCUT2D eigenvalue weighted by Crippen LogP contribution is -2.41. The number of morpholine rings is 1. The fourth-order valence-corrected chi connectivity index (χ4v) is 3.58. The largest absolute Gasteiger partial charge is 0.379 e. The molecule has 0 bridgehead atoms. The van der Waals surface area contributed by atoms with Crippen LogP contribution < -0.4 is 5.32 Å². The first-order valence-corrected chi connectivity index (χ1v) is 9.04. The minimum absolute atomic E-state index is 0.215. The summed E-state index contributed by atoms with van der Waals surface area (Å²) in [6, 6.07) is 9.64. The van der Waals surface area contributed by atoms with Crippen molar-refractivity contribution in [2.75, 3.05) is 38.2 Å². The summed E-state index contributed by atoms with van der Waals surface area (Å²) in [5.41, 5.74) is 1.58. The van der Waals surface area contributed by atoms with Crippen LogP contribution in [0.25, 0.3) is 0 Å². The minimum Gasteiger partial charge on any atom is -0.379 e. The van der Waals surface area contributed by atoms with Gasteiger partial charge < -0.3 is 10.1 Å². The second kappa shape index (κ2) is 7.23. The number of ketones is 2. The van der Waals surface area contributed by atoms with E-state index in [2.05, 4.69) is 5.32 Å². The van der Waals surface area contributed by atoms with E-state index in [1.807, 2.05) is 4.90 Å². The van der Waals surface area contributed by atoms with E-state index in [0.29, 0.717) is 43.1 Å². The molecule has 27 heavy (non-hydrogen) atoms. The van der Waals surface area contributed by atoms with Crippen LogP contribution in [0.15, 0.2) is 36.4 Å². The van der Waals surface area contributed by atoms with Crippen molar-refractivity contribution in [1.29, 1.82) is 0 Å². The van der Waals surface area contributed by atoms with E-state index in [1.54, 1.807) is 24.3 Å². The molecular formula is C20H17ClN2O4. The fraction of sp³-hybridized carbons (Fsp3) is 0.250. The number of rotatable bonds is 3. The molecule has 2 aromatic rings. The van der Waals surface area contributed by atoms with Gasteiger partial charge in [-0.25, -0.2) is 0 Å². The van der Waals surface area contributed by atoms with Gasteiger partial charge in [-0.1, -0.05) is 35.9 Å². The zero-order valence-electron chi connectivity index (χ0n) is 14.5. The number of nitrogens with one attached hydrogen (secondary N) is 1. The van der Waals surface area contributed by atoms with Gasteiger partial charge in [0.1, 0.15) is 0 Å². The summed E-state index contributed by atoms with van der Waals surface area (Å²) < 4.78 is 5.27. The predicted octanol–water partition coefficient (Wildman–Crippen LogP) is 2.39. The summed E-state index contributed by atoms with van der Waals surface area (Å²) in [5, 5.41) is 2.98. The Kier molecular flexibility index (Phi) is 4.78. The second-order valence-electron chi connectivity index (χ2n) is 6.52. The molecule has 0 spiro atoms. The van der Waals surface area contributed by atoms with Gasteiger partial charge in [0.15, 0.2) is 11.6 Å². The Labute approximate surface area is 161 Å². The van der Waals surface area contributed by atoms with Gasteiger partial charge in [0.2, 0.25) is 5.91 Å². The first-order valence-electron chi connectivity index (χ1n) is 8.66. The van der Waals surface area contributed by atoms with E-state index in [0.717, 1.165) is 0 Å². The van der Waals surface area contributed by atoms with Crippen molar-refractivity contribution < 1.29 is 19.1 Å². The van der Waals surface area contributed by atoms with E-state index in [9.17, 15) is 14.4 Å². The number of anilines is 1. The van der Waals surface area contributed by atoms with Gasteiger partial charge in [-0.2, -0.15) is 0 Å². The maximum Gasteiger partial charge on any atom is 0.238 e. The second-order valence-corrected chi connectivity index (χ2v) is 6.93. The SMILES string of the molecule is O=C(CN1CCOCC1)Nc1cc2c(cc1Cl)C(=O)c1ccccc1C2=O. The van der Waals surface area contributed by atoms with Crippen LogP contribution in [0.5, 0.6) is 0 Å². The zero-order valence-corrected chi connectivity index (χ0v) is 15.2. The number of benzene rings is 2. The molecule has 0 saturated carbocycles. The van der Waals surface area contributed by atoms with E-state index in [1.165, 1.54) is 12.1 Å². The van der Waals surface area contributed by atoms with Crippen LogP contribution in [0, 0.1) is 0 Å². The first kappa shape index (κ1) is 17.9. The van der Waals surface area contributed by atoms with Crippen molar-refractivity contribution in [1.82, 2.24) is 4.90 Å². The third-order valence-electron chi connectivity index (χ3n) is 4.76.